The number of carbonyl (C=O) groups is 1. The summed E-state index contributed by atoms with van der Waals surface area (Å²) in [6.45, 7) is 7.64. The normalized spacial score (nSPS) is 16.8. The Morgan fingerprint density at radius 2 is 1.89 bits per heavy atom. The lowest BCUT2D eigenvalue weighted by Crippen LogP contribution is -2.57. The predicted octanol–water partition coefficient (Wildman–Crippen LogP) is 4.60. The molecule has 1 heterocycles. The van der Waals surface area contributed by atoms with Gasteiger partial charge in [-0.1, -0.05) is 31.0 Å². The maximum Gasteiger partial charge on any atom is 0.410 e. The van der Waals surface area contributed by atoms with E-state index in [1.54, 1.807) is 17.0 Å². The van der Waals surface area contributed by atoms with Crippen molar-refractivity contribution in [3.8, 4) is 5.75 Å². The highest BCUT2D eigenvalue weighted by molar-refractivity contribution is 7.90. The Labute approximate surface area is 213 Å². The van der Waals surface area contributed by atoms with E-state index in [4.69, 9.17) is 21.1 Å². The van der Waals surface area contributed by atoms with Crippen LogP contribution >= 0.6 is 11.6 Å². The number of carbonyl (C=O) groups excluding carboxylic acids is 1. The van der Waals surface area contributed by atoms with Crippen LogP contribution in [0.25, 0.3) is 0 Å². The number of rotatable bonds is 10. The molecule has 1 amide bonds. The molecule has 1 fully saturated rings. The van der Waals surface area contributed by atoms with Crippen LogP contribution in [0.1, 0.15) is 30.9 Å². The van der Waals surface area contributed by atoms with Gasteiger partial charge in [0.2, 0.25) is 0 Å². The zero-order chi connectivity index (χ0) is 25.4. The molecule has 1 atom stereocenters. The summed E-state index contributed by atoms with van der Waals surface area (Å²) in [4.78, 5) is 17.1. The minimum absolute atomic E-state index is 0.187. The Hall–Kier alpha value is -2.29. The van der Waals surface area contributed by atoms with Crippen LogP contribution in [0.3, 0.4) is 0 Å². The first-order chi connectivity index (χ1) is 16.7. The van der Waals surface area contributed by atoms with E-state index < -0.39 is 9.84 Å². The largest absolute Gasteiger partial charge is 0.491 e. The van der Waals surface area contributed by atoms with Gasteiger partial charge in [0.05, 0.1) is 17.5 Å². The highest BCUT2D eigenvalue weighted by atomic mass is 35.5. The second kappa shape index (κ2) is 12.6. The lowest BCUT2D eigenvalue weighted by Gasteiger charge is -2.40. The number of piperazine rings is 1. The summed E-state index contributed by atoms with van der Waals surface area (Å²) in [7, 11) is -3.27. The van der Waals surface area contributed by atoms with Crippen LogP contribution in [0.4, 0.5) is 4.79 Å². The fourth-order valence-corrected chi connectivity index (χ4v) is 4.88. The van der Waals surface area contributed by atoms with Crippen molar-refractivity contribution in [2.24, 2.45) is 0 Å². The number of halogens is 1. The molecular formula is C26H35ClN2O5S. The standard InChI is InChI=1S/C26H35ClN2O5S/c1-4-5-16-33-26(30)29-15-14-28(13-12-21-17-22(27)7-6-20(21)2)18-23(29)19-34-24-8-10-25(11-9-24)35(3,31)32/h6-11,17,23H,4-5,12-16,18-19H2,1-3H3/t23-/m0/s1. The molecule has 0 unspecified atom stereocenters. The number of benzene rings is 2. The molecule has 192 valence electrons. The molecule has 0 spiro atoms. The number of ether oxygens (including phenoxy) is 2. The fraction of sp³-hybridized carbons (Fsp3) is 0.500. The third-order valence-electron chi connectivity index (χ3n) is 6.23. The van der Waals surface area contributed by atoms with Gasteiger partial charge in [-0.15, -0.1) is 0 Å². The Kier molecular flexibility index (Phi) is 9.83. The maximum atomic E-state index is 12.8. The van der Waals surface area contributed by atoms with Gasteiger partial charge < -0.3 is 9.47 Å². The van der Waals surface area contributed by atoms with Gasteiger partial charge in [0, 0.05) is 37.5 Å². The van der Waals surface area contributed by atoms with E-state index in [1.807, 2.05) is 18.2 Å². The molecule has 0 N–H and O–H groups in total. The lowest BCUT2D eigenvalue weighted by atomic mass is 10.0. The third kappa shape index (κ3) is 8.12. The second-order valence-corrected chi connectivity index (χ2v) is 11.4. The molecule has 3 rings (SSSR count). The first-order valence-corrected chi connectivity index (χ1v) is 14.3. The second-order valence-electron chi connectivity index (χ2n) is 8.99. The van der Waals surface area contributed by atoms with Gasteiger partial charge in [-0.25, -0.2) is 13.2 Å². The summed E-state index contributed by atoms with van der Waals surface area (Å²) >= 11 is 6.18. The van der Waals surface area contributed by atoms with E-state index in [1.165, 1.54) is 29.5 Å². The number of amides is 1. The van der Waals surface area contributed by atoms with Gasteiger partial charge in [-0.2, -0.15) is 0 Å². The molecule has 0 aliphatic carbocycles. The van der Waals surface area contributed by atoms with Crippen LogP contribution in [-0.2, 0) is 21.0 Å². The van der Waals surface area contributed by atoms with E-state index >= 15 is 0 Å². The molecule has 0 radical (unpaired) electrons. The van der Waals surface area contributed by atoms with Gasteiger partial charge in [-0.3, -0.25) is 9.80 Å². The van der Waals surface area contributed by atoms with Gasteiger partial charge in [-0.05, 0) is 67.3 Å². The van der Waals surface area contributed by atoms with E-state index in [-0.39, 0.29) is 23.6 Å². The number of aryl methyl sites for hydroxylation is 1. The number of unbranched alkanes of at least 4 members (excludes halogenated alkanes) is 1. The number of hydrogen-bond acceptors (Lipinski definition) is 6. The molecular weight excluding hydrogens is 488 g/mol. The SMILES string of the molecule is CCCCOC(=O)N1CCN(CCc2cc(Cl)ccc2C)C[C@H]1COc1ccc(S(C)(=O)=O)cc1. The molecule has 1 saturated heterocycles. The third-order valence-corrected chi connectivity index (χ3v) is 7.59. The van der Waals surface area contributed by atoms with Crippen molar-refractivity contribution in [3.05, 3.63) is 58.6 Å². The smallest absolute Gasteiger partial charge is 0.410 e. The van der Waals surface area contributed by atoms with Crippen LogP contribution in [-0.4, -0.2) is 76.0 Å². The van der Waals surface area contributed by atoms with E-state index in [0.717, 1.165) is 37.4 Å². The molecule has 7 nitrogen and oxygen atoms in total. The molecule has 2 aromatic carbocycles. The molecule has 0 aromatic heterocycles. The highest BCUT2D eigenvalue weighted by Crippen LogP contribution is 2.20. The Morgan fingerprint density at radius 3 is 2.57 bits per heavy atom. The van der Waals surface area contributed by atoms with Crippen molar-refractivity contribution in [2.45, 2.75) is 44.0 Å². The molecule has 1 aliphatic rings. The first kappa shape index (κ1) is 27.3. The van der Waals surface area contributed by atoms with E-state index in [9.17, 15) is 13.2 Å². The average Bonchev–Trinajstić information content (AvgIpc) is 2.83. The molecule has 0 saturated carbocycles. The number of nitrogens with zero attached hydrogens (tertiary/aromatic N) is 2. The van der Waals surface area contributed by atoms with Crippen molar-refractivity contribution < 1.29 is 22.7 Å². The summed E-state index contributed by atoms with van der Waals surface area (Å²) in [5, 5.41) is 0.735. The number of hydrogen-bond donors (Lipinski definition) is 0. The van der Waals surface area contributed by atoms with Crippen LogP contribution in [0, 0.1) is 6.92 Å². The molecule has 0 bridgehead atoms. The van der Waals surface area contributed by atoms with Crippen molar-refractivity contribution in [2.75, 3.05) is 45.6 Å². The van der Waals surface area contributed by atoms with E-state index in [0.29, 0.717) is 25.4 Å². The Balaban J connectivity index is 1.65. The van der Waals surface area contributed by atoms with Crippen LogP contribution in [0.2, 0.25) is 5.02 Å². The van der Waals surface area contributed by atoms with Crippen molar-refractivity contribution in [3.63, 3.8) is 0 Å². The molecule has 1 aliphatic heterocycles. The van der Waals surface area contributed by atoms with Gasteiger partial charge >= 0.3 is 6.09 Å². The zero-order valence-corrected chi connectivity index (χ0v) is 22.3. The Bertz CT molecular complexity index is 1090. The average molecular weight is 523 g/mol. The van der Waals surface area contributed by atoms with Crippen LogP contribution in [0.15, 0.2) is 47.4 Å². The van der Waals surface area contributed by atoms with Crippen molar-refractivity contribution >= 4 is 27.5 Å². The molecule has 9 heteroatoms. The molecule has 35 heavy (non-hydrogen) atoms. The topological polar surface area (TPSA) is 76.2 Å². The minimum atomic E-state index is -3.27. The fourth-order valence-electron chi connectivity index (χ4n) is 4.06. The van der Waals surface area contributed by atoms with Gasteiger partial charge in [0.15, 0.2) is 9.84 Å². The van der Waals surface area contributed by atoms with Crippen LogP contribution < -0.4 is 4.74 Å². The first-order valence-electron chi connectivity index (χ1n) is 12.0. The quantitative estimate of drug-likeness (QED) is 0.425. The zero-order valence-electron chi connectivity index (χ0n) is 20.7. The minimum Gasteiger partial charge on any atom is -0.491 e. The Morgan fingerprint density at radius 1 is 1.14 bits per heavy atom. The monoisotopic (exact) mass is 522 g/mol. The van der Waals surface area contributed by atoms with Crippen LogP contribution in [0.5, 0.6) is 5.75 Å². The lowest BCUT2D eigenvalue weighted by molar-refractivity contribution is 0.0301. The summed E-state index contributed by atoms with van der Waals surface area (Å²) < 4.78 is 34.9. The maximum absolute atomic E-state index is 12.8. The van der Waals surface area contributed by atoms with Gasteiger partial charge in [0.25, 0.3) is 0 Å². The van der Waals surface area contributed by atoms with Crippen molar-refractivity contribution in [1.29, 1.82) is 0 Å². The number of sulfone groups is 1. The summed E-state index contributed by atoms with van der Waals surface area (Å²) in [5.41, 5.74) is 2.43. The summed E-state index contributed by atoms with van der Waals surface area (Å²) in [5.74, 6) is 0.559. The van der Waals surface area contributed by atoms with Gasteiger partial charge in [0.1, 0.15) is 12.4 Å². The summed E-state index contributed by atoms with van der Waals surface area (Å²) in [6.07, 6.45) is 3.52. The van der Waals surface area contributed by atoms with E-state index in [2.05, 4.69) is 18.7 Å². The highest BCUT2D eigenvalue weighted by Gasteiger charge is 2.32. The molecule has 2 aromatic rings. The summed E-state index contributed by atoms with van der Waals surface area (Å²) in [6, 6.07) is 12.1. The predicted molar refractivity (Wildman–Crippen MR) is 138 cm³/mol. The van der Waals surface area contributed by atoms with Crippen molar-refractivity contribution in [1.82, 2.24) is 9.80 Å².